The molecule has 0 saturated carbocycles. The third-order valence-electron chi connectivity index (χ3n) is 2.38. The molecule has 1 unspecified atom stereocenters. The van der Waals surface area contributed by atoms with Crippen molar-refractivity contribution in [3.63, 3.8) is 0 Å². The first-order chi connectivity index (χ1) is 7.67. The number of Topliss-reactive ketones (excluding diaryl/α,β-unsaturated/α-hetero) is 1. The minimum absolute atomic E-state index is 0.0927. The summed E-state index contributed by atoms with van der Waals surface area (Å²) in [5, 5.41) is 0. The molecule has 0 aromatic heterocycles. The molecule has 0 heterocycles. The fraction of sp³-hybridized carbons (Fsp3) is 0.462. The zero-order chi connectivity index (χ0) is 12.0. The van der Waals surface area contributed by atoms with Crippen LogP contribution < -0.4 is 4.74 Å². The highest BCUT2D eigenvalue weighted by Crippen LogP contribution is 2.13. The Bertz CT molecular complexity index is 347. The van der Waals surface area contributed by atoms with Gasteiger partial charge in [0.2, 0.25) is 0 Å². The number of methoxy groups -OCH3 is 1. The molecule has 1 atom stereocenters. The maximum Gasteiger partial charge on any atom is 0.165 e. The van der Waals surface area contributed by atoms with E-state index < -0.39 is 0 Å². The number of hydrogen-bond acceptors (Lipinski definition) is 3. The zero-order valence-electron chi connectivity index (χ0n) is 10.0. The highest BCUT2D eigenvalue weighted by molar-refractivity contribution is 5.84. The molecular formula is C13H18O3. The minimum atomic E-state index is -0.337. The Hall–Kier alpha value is -1.35. The van der Waals surface area contributed by atoms with Crippen molar-refractivity contribution in [2.24, 2.45) is 0 Å². The van der Waals surface area contributed by atoms with Gasteiger partial charge in [0.15, 0.2) is 5.78 Å². The van der Waals surface area contributed by atoms with Crippen molar-refractivity contribution >= 4 is 5.78 Å². The Morgan fingerprint density at radius 3 is 2.81 bits per heavy atom. The summed E-state index contributed by atoms with van der Waals surface area (Å²) in [7, 11) is 1.61. The van der Waals surface area contributed by atoms with Gasteiger partial charge in [0.25, 0.3) is 0 Å². The molecule has 0 aliphatic rings. The van der Waals surface area contributed by atoms with Crippen LogP contribution in [0.25, 0.3) is 0 Å². The molecule has 1 aromatic rings. The lowest BCUT2D eigenvalue weighted by Crippen LogP contribution is -2.22. The summed E-state index contributed by atoms with van der Waals surface area (Å²) >= 11 is 0. The number of carbonyl (C=O) groups is 1. The lowest BCUT2D eigenvalue weighted by atomic mass is 10.1. The Balaban J connectivity index is 2.61. The SMILES string of the molecule is CCOC(C)C(=O)Cc1cccc(OC)c1. The predicted octanol–water partition coefficient (Wildman–Crippen LogP) is 2.23. The van der Waals surface area contributed by atoms with Crippen molar-refractivity contribution in [2.75, 3.05) is 13.7 Å². The minimum Gasteiger partial charge on any atom is -0.497 e. The largest absolute Gasteiger partial charge is 0.497 e. The van der Waals surface area contributed by atoms with Crippen LogP contribution >= 0.6 is 0 Å². The number of benzene rings is 1. The Morgan fingerprint density at radius 1 is 1.44 bits per heavy atom. The molecular weight excluding hydrogens is 204 g/mol. The molecule has 0 aliphatic carbocycles. The van der Waals surface area contributed by atoms with Crippen molar-refractivity contribution in [2.45, 2.75) is 26.4 Å². The second kappa shape index (κ2) is 6.28. The molecule has 1 aromatic carbocycles. The molecule has 0 saturated heterocycles. The normalized spacial score (nSPS) is 12.2. The van der Waals surface area contributed by atoms with Crippen LogP contribution in [0.1, 0.15) is 19.4 Å². The van der Waals surface area contributed by atoms with E-state index in [-0.39, 0.29) is 11.9 Å². The average molecular weight is 222 g/mol. The third-order valence-corrected chi connectivity index (χ3v) is 2.38. The summed E-state index contributed by atoms with van der Waals surface area (Å²) in [5.74, 6) is 0.865. The van der Waals surface area contributed by atoms with E-state index in [1.54, 1.807) is 14.0 Å². The van der Waals surface area contributed by atoms with E-state index >= 15 is 0 Å². The van der Waals surface area contributed by atoms with Crippen LogP contribution in [0.5, 0.6) is 5.75 Å². The van der Waals surface area contributed by atoms with Gasteiger partial charge in [0, 0.05) is 13.0 Å². The number of rotatable bonds is 6. The smallest absolute Gasteiger partial charge is 0.165 e. The van der Waals surface area contributed by atoms with Gasteiger partial charge >= 0.3 is 0 Å². The van der Waals surface area contributed by atoms with Gasteiger partial charge < -0.3 is 9.47 Å². The fourth-order valence-corrected chi connectivity index (χ4v) is 1.47. The molecule has 0 amide bonds. The molecule has 0 N–H and O–H groups in total. The van der Waals surface area contributed by atoms with Crippen LogP contribution in [0.2, 0.25) is 0 Å². The predicted molar refractivity (Wildman–Crippen MR) is 62.8 cm³/mol. The standard InChI is InChI=1S/C13H18O3/c1-4-16-10(2)13(14)9-11-6-5-7-12(8-11)15-3/h5-8,10H,4,9H2,1-3H3. The molecule has 88 valence electrons. The van der Waals surface area contributed by atoms with Gasteiger partial charge in [-0.05, 0) is 31.5 Å². The van der Waals surface area contributed by atoms with Crippen molar-refractivity contribution in [3.05, 3.63) is 29.8 Å². The molecule has 0 aliphatic heterocycles. The first-order valence-electron chi connectivity index (χ1n) is 5.44. The molecule has 0 fully saturated rings. The van der Waals surface area contributed by atoms with Gasteiger partial charge in [-0.1, -0.05) is 12.1 Å². The van der Waals surface area contributed by atoms with Crippen LogP contribution in [-0.2, 0) is 16.0 Å². The number of ketones is 1. The van der Waals surface area contributed by atoms with Crippen LogP contribution in [0.3, 0.4) is 0 Å². The van der Waals surface area contributed by atoms with E-state index in [2.05, 4.69) is 0 Å². The summed E-state index contributed by atoms with van der Waals surface area (Å²) in [6, 6.07) is 7.53. The molecule has 1 rings (SSSR count). The monoisotopic (exact) mass is 222 g/mol. The summed E-state index contributed by atoms with van der Waals surface area (Å²) in [5.41, 5.74) is 0.955. The molecule has 0 radical (unpaired) electrons. The maximum absolute atomic E-state index is 11.7. The summed E-state index contributed by atoms with van der Waals surface area (Å²) in [6.45, 7) is 4.23. The van der Waals surface area contributed by atoms with E-state index in [1.165, 1.54) is 0 Å². The van der Waals surface area contributed by atoms with E-state index in [9.17, 15) is 4.79 Å². The lowest BCUT2D eigenvalue weighted by molar-refractivity contribution is -0.128. The maximum atomic E-state index is 11.7. The van der Waals surface area contributed by atoms with Crippen LogP contribution in [0, 0.1) is 0 Å². The van der Waals surface area contributed by atoms with Crippen molar-refractivity contribution in [3.8, 4) is 5.75 Å². The van der Waals surface area contributed by atoms with Gasteiger partial charge in [-0.25, -0.2) is 0 Å². The van der Waals surface area contributed by atoms with Crippen molar-refractivity contribution in [1.82, 2.24) is 0 Å². The molecule has 0 bridgehead atoms. The van der Waals surface area contributed by atoms with Crippen LogP contribution in [0.4, 0.5) is 0 Å². The van der Waals surface area contributed by atoms with E-state index in [0.29, 0.717) is 13.0 Å². The average Bonchev–Trinajstić information content (AvgIpc) is 2.29. The van der Waals surface area contributed by atoms with Gasteiger partial charge in [0.05, 0.1) is 7.11 Å². The first-order valence-corrected chi connectivity index (χ1v) is 5.44. The summed E-state index contributed by atoms with van der Waals surface area (Å²) in [4.78, 5) is 11.7. The van der Waals surface area contributed by atoms with Crippen LogP contribution in [0.15, 0.2) is 24.3 Å². The Kier molecular flexibility index (Phi) is 4.99. The van der Waals surface area contributed by atoms with Crippen molar-refractivity contribution in [1.29, 1.82) is 0 Å². The summed E-state index contributed by atoms with van der Waals surface area (Å²) < 4.78 is 10.4. The van der Waals surface area contributed by atoms with Gasteiger partial charge in [0.1, 0.15) is 11.9 Å². The second-order valence-corrected chi connectivity index (χ2v) is 3.59. The zero-order valence-corrected chi connectivity index (χ0v) is 10.0. The lowest BCUT2D eigenvalue weighted by Gasteiger charge is -2.10. The van der Waals surface area contributed by atoms with Gasteiger partial charge in [-0.2, -0.15) is 0 Å². The molecule has 3 nitrogen and oxygen atoms in total. The molecule has 0 spiro atoms. The number of hydrogen-bond donors (Lipinski definition) is 0. The second-order valence-electron chi connectivity index (χ2n) is 3.59. The quantitative estimate of drug-likeness (QED) is 0.740. The summed E-state index contributed by atoms with van der Waals surface area (Å²) in [6.07, 6.45) is 0.0504. The number of ether oxygens (including phenoxy) is 2. The highest BCUT2D eigenvalue weighted by Gasteiger charge is 2.13. The van der Waals surface area contributed by atoms with E-state index in [4.69, 9.17) is 9.47 Å². The van der Waals surface area contributed by atoms with E-state index in [1.807, 2.05) is 31.2 Å². The highest BCUT2D eigenvalue weighted by atomic mass is 16.5. The molecule has 3 heteroatoms. The first kappa shape index (κ1) is 12.7. The van der Waals surface area contributed by atoms with Crippen LogP contribution in [-0.4, -0.2) is 25.6 Å². The third kappa shape index (κ3) is 3.66. The van der Waals surface area contributed by atoms with E-state index in [0.717, 1.165) is 11.3 Å². The Labute approximate surface area is 96.4 Å². The molecule has 16 heavy (non-hydrogen) atoms. The number of carbonyl (C=O) groups excluding carboxylic acids is 1. The Morgan fingerprint density at radius 2 is 2.19 bits per heavy atom. The topological polar surface area (TPSA) is 35.5 Å². The van der Waals surface area contributed by atoms with Crippen molar-refractivity contribution < 1.29 is 14.3 Å². The van der Waals surface area contributed by atoms with Gasteiger partial charge in [-0.3, -0.25) is 4.79 Å². The van der Waals surface area contributed by atoms with Gasteiger partial charge in [-0.15, -0.1) is 0 Å². The fourth-order valence-electron chi connectivity index (χ4n) is 1.47.